The molecule has 0 aromatic heterocycles. The first-order chi connectivity index (χ1) is 10.5. The van der Waals surface area contributed by atoms with Crippen LogP contribution in [0.25, 0.3) is 0 Å². The van der Waals surface area contributed by atoms with Crippen LogP contribution in [-0.2, 0) is 0 Å². The third-order valence-electron chi connectivity index (χ3n) is 3.61. The van der Waals surface area contributed by atoms with E-state index in [4.69, 9.17) is 0 Å². The van der Waals surface area contributed by atoms with Crippen molar-refractivity contribution >= 4 is 11.6 Å². The fraction of sp³-hybridized carbons (Fsp3) is 0.562. The highest BCUT2D eigenvalue weighted by atomic mass is 16.6. The number of non-ortho nitro benzene ring substituents is 1. The number of benzene rings is 1. The molecule has 1 amide bonds. The second-order valence-electron chi connectivity index (χ2n) is 5.47. The molecule has 0 saturated heterocycles. The Morgan fingerprint density at radius 1 is 1.27 bits per heavy atom. The van der Waals surface area contributed by atoms with Gasteiger partial charge in [-0.3, -0.25) is 14.9 Å². The average molecular weight is 308 g/mol. The number of aliphatic hydroxyl groups is 1. The maximum absolute atomic E-state index is 12.1. The van der Waals surface area contributed by atoms with Crippen molar-refractivity contribution in [3.05, 3.63) is 39.9 Å². The third-order valence-corrected chi connectivity index (χ3v) is 3.61. The van der Waals surface area contributed by atoms with Crippen LogP contribution < -0.4 is 5.32 Å². The molecule has 1 rings (SSSR count). The van der Waals surface area contributed by atoms with Crippen LogP contribution in [0.4, 0.5) is 5.69 Å². The van der Waals surface area contributed by atoms with E-state index in [1.54, 1.807) is 6.92 Å². The summed E-state index contributed by atoms with van der Waals surface area (Å²) in [6.07, 6.45) is 4.38. The molecule has 0 bridgehead atoms. The quantitative estimate of drug-likeness (QED) is 0.416. The Morgan fingerprint density at radius 3 is 2.41 bits per heavy atom. The molecule has 0 aliphatic heterocycles. The van der Waals surface area contributed by atoms with Gasteiger partial charge in [-0.15, -0.1) is 0 Å². The maximum atomic E-state index is 12.1. The van der Waals surface area contributed by atoms with Crippen molar-refractivity contribution < 1.29 is 14.8 Å². The molecule has 0 spiro atoms. The lowest BCUT2D eigenvalue weighted by Gasteiger charge is -2.21. The smallest absolute Gasteiger partial charge is 0.269 e. The van der Waals surface area contributed by atoms with Gasteiger partial charge in [0, 0.05) is 17.7 Å². The first-order valence-electron chi connectivity index (χ1n) is 7.69. The molecule has 0 saturated carbocycles. The molecule has 0 aliphatic rings. The van der Waals surface area contributed by atoms with Crippen LogP contribution in [0.5, 0.6) is 0 Å². The molecule has 0 radical (unpaired) electrons. The van der Waals surface area contributed by atoms with Gasteiger partial charge in [-0.1, -0.05) is 32.6 Å². The largest absolute Gasteiger partial charge is 0.391 e. The van der Waals surface area contributed by atoms with E-state index in [2.05, 4.69) is 12.2 Å². The van der Waals surface area contributed by atoms with Gasteiger partial charge in [-0.25, -0.2) is 0 Å². The molecule has 6 nitrogen and oxygen atoms in total. The molecular weight excluding hydrogens is 284 g/mol. The van der Waals surface area contributed by atoms with Crippen molar-refractivity contribution in [3.63, 3.8) is 0 Å². The molecule has 0 aliphatic carbocycles. The lowest BCUT2D eigenvalue weighted by atomic mass is 10.0. The van der Waals surface area contributed by atoms with E-state index < -0.39 is 11.0 Å². The second-order valence-corrected chi connectivity index (χ2v) is 5.47. The van der Waals surface area contributed by atoms with Gasteiger partial charge in [0.05, 0.1) is 17.1 Å². The molecule has 0 fully saturated rings. The summed E-state index contributed by atoms with van der Waals surface area (Å²) >= 11 is 0. The van der Waals surface area contributed by atoms with Gasteiger partial charge in [-0.2, -0.15) is 0 Å². The topological polar surface area (TPSA) is 92.5 Å². The minimum atomic E-state index is -0.636. The van der Waals surface area contributed by atoms with Crippen molar-refractivity contribution in [2.75, 3.05) is 0 Å². The number of nitrogens with one attached hydrogen (secondary N) is 1. The predicted molar refractivity (Wildman–Crippen MR) is 84.8 cm³/mol. The highest BCUT2D eigenvalue weighted by Crippen LogP contribution is 2.13. The number of nitrogens with zero attached hydrogens (tertiary/aromatic N) is 1. The fourth-order valence-corrected chi connectivity index (χ4v) is 2.21. The van der Waals surface area contributed by atoms with E-state index in [0.29, 0.717) is 5.56 Å². The van der Waals surface area contributed by atoms with Gasteiger partial charge >= 0.3 is 0 Å². The molecule has 22 heavy (non-hydrogen) atoms. The second kappa shape index (κ2) is 9.15. The zero-order valence-corrected chi connectivity index (χ0v) is 13.1. The Hall–Kier alpha value is -1.95. The van der Waals surface area contributed by atoms with Crippen molar-refractivity contribution in [2.45, 2.75) is 58.1 Å². The molecule has 1 aromatic rings. The van der Waals surface area contributed by atoms with E-state index in [9.17, 15) is 20.0 Å². The number of hydrogen-bond acceptors (Lipinski definition) is 4. The van der Waals surface area contributed by atoms with Gasteiger partial charge in [0.1, 0.15) is 0 Å². The predicted octanol–water partition coefficient (Wildman–Crippen LogP) is 3.04. The van der Waals surface area contributed by atoms with Crippen molar-refractivity contribution in [1.29, 1.82) is 0 Å². The van der Waals surface area contributed by atoms with Gasteiger partial charge in [0.25, 0.3) is 11.6 Å². The number of rotatable bonds is 9. The molecule has 2 N–H and O–H groups in total. The summed E-state index contributed by atoms with van der Waals surface area (Å²) < 4.78 is 0. The molecule has 2 atom stereocenters. The van der Waals surface area contributed by atoms with Gasteiger partial charge in [0.2, 0.25) is 0 Å². The lowest BCUT2D eigenvalue weighted by molar-refractivity contribution is -0.384. The van der Waals surface area contributed by atoms with E-state index in [1.165, 1.54) is 24.3 Å². The minimum absolute atomic E-state index is 0.0526. The molecule has 122 valence electrons. The number of unbranched alkanes of at least 4 members (excludes halogenated alkanes) is 3. The Bertz CT molecular complexity index is 485. The SMILES string of the molecule is CCCCCCC(NC(=O)c1ccc([N+](=O)[O-])cc1)C(C)O. The summed E-state index contributed by atoms with van der Waals surface area (Å²) in [6.45, 7) is 3.78. The first kappa shape index (κ1) is 18.1. The number of nitro benzene ring substituents is 1. The van der Waals surface area contributed by atoms with Crippen LogP contribution in [0.2, 0.25) is 0 Å². The van der Waals surface area contributed by atoms with E-state index in [0.717, 1.165) is 32.1 Å². The van der Waals surface area contributed by atoms with Crippen LogP contribution in [0, 0.1) is 10.1 Å². The number of nitro groups is 1. The maximum Gasteiger partial charge on any atom is 0.269 e. The van der Waals surface area contributed by atoms with E-state index in [1.807, 2.05) is 0 Å². The lowest BCUT2D eigenvalue weighted by Crippen LogP contribution is -2.42. The van der Waals surface area contributed by atoms with Crippen LogP contribution >= 0.6 is 0 Å². The summed E-state index contributed by atoms with van der Waals surface area (Å²) in [5.74, 6) is -0.323. The van der Waals surface area contributed by atoms with Gasteiger partial charge < -0.3 is 10.4 Å². The molecule has 0 heterocycles. The Balaban J connectivity index is 2.60. The normalized spacial score (nSPS) is 13.4. The zero-order chi connectivity index (χ0) is 16.5. The monoisotopic (exact) mass is 308 g/mol. The number of hydrogen-bond donors (Lipinski definition) is 2. The third kappa shape index (κ3) is 5.81. The van der Waals surface area contributed by atoms with Gasteiger partial charge in [0.15, 0.2) is 0 Å². The molecule has 1 aromatic carbocycles. The van der Waals surface area contributed by atoms with Crippen LogP contribution in [0.3, 0.4) is 0 Å². The van der Waals surface area contributed by atoms with Crippen molar-refractivity contribution in [1.82, 2.24) is 5.32 Å². The molecule has 2 unspecified atom stereocenters. The first-order valence-corrected chi connectivity index (χ1v) is 7.69. The Labute approximate surface area is 130 Å². The van der Waals surface area contributed by atoms with Crippen LogP contribution in [-0.4, -0.2) is 28.1 Å². The van der Waals surface area contributed by atoms with E-state index >= 15 is 0 Å². The number of amides is 1. The summed E-state index contributed by atoms with van der Waals surface area (Å²) in [5.41, 5.74) is 0.299. The van der Waals surface area contributed by atoms with Crippen molar-refractivity contribution in [2.24, 2.45) is 0 Å². The molecule has 6 heteroatoms. The Kier molecular flexibility index (Phi) is 7.52. The van der Waals surface area contributed by atoms with E-state index in [-0.39, 0.29) is 17.6 Å². The zero-order valence-electron chi connectivity index (χ0n) is 13.1. The summed E-state index contributed by atoms with van der Waals surface area (Å²) in [7, 11) is 0. The summed E-state index contributed by atoms with van der Waals surface area (Å²) in [4.78, 5) is 22.2. The number of carbonyl (C=O) groups excluding carboxylic acids is 1. The Morgan fingerprint density at radius 2 is 1.91 bits per heavy atom. The minimum Gasteiger partial charge on any atom is -0.391 e. The fourth-order valence-electron chi connectivity index (χ4n) is 2.21. The average Bonchev–Trinajstić information content (AvgIpc) is 2.50. The summed E-state index contributed by atoms with van der Waals surface area (Å²) in [5, 5.41) is 23.2. The van der Waals surface area contributed by atoms with Gasteiger partial charge in [-0.05, 0) is 25.5 Å². The number of carbonyl (C=O) groups is 1. The van der Waals surface area contributed by atoms with Crippen LogP contribution in [0.15, 0.2) is 24.3 Å². The summed E-state index contributed by atoms with van der Waals surface area (Å²) in [6, 6.07) is 5.13. The number of aliphatic hydroxyl groups excluding tert-OH is 1. The standard InChI is InChI=1S/C16H24N2O4/c1-3-4-5-6-7-15(12(2)19)17-16(20)13-8-10-14(11-9-13)18(21)22/h8-12,15,19H,3-7H2,1-2H3,(H,17,20). The molecular formula is C16H24N2O4. The van der Waals surface area contributed by atoms with Crippen LogP contribution in [0.1, 0.15) is 56.3 Å². The van der Waals surface area contributed by atoms with Crippen molar-refractivity contribution in [3.8, 4) is 0 Å². The highest BCUT2D eigenvalue weighted by molar-refractivity contribution is 5.94. The highest BCUT2D eigenvalue weighted by Gasteiger charge is 2.18.